The average molecular weight is 397 g/mol. The Morgan fingerprint density at radius 1 is 1.30 bits per heavy atom. The summed E-state index contributed by atoms with van der Waals surface area (Å²) in [5, 5.41) is 5.25. The van der Waals surface area contributed by atoms with Crippen molar-refractivity contribution in [1.29, 1.82) is 0 Å². The van der Waals surface area contributed by atoms with Gasteiger partial charge in [0.05, 0.1) is 7.11 Å². The molecule has 1 rings (SSSR count). The largest absolute Gasteiger partial charge is 0.495 e. The molecule has 150 valence electrons. The summed E-state index contributed by atoms with van der Waals surface area (Å²) in [6.45, 7) is 4.07. The lowest BCUT2D eigenvalue weighted by molar-refractivity contribution is -0.126. The lowest BCUT2D eigenvalue weighted by Gasteiger charge is -2.15. The van der Waals surface area contributed by atoms with E-state index >= 15 is 0 Å². The van der Waals surface area contributed by atoms with Crippen LogP contribution in [0.15, 0.2) is 29.2 Å². The van der Waals surface area contributed by atoms with Gasteiger partial charge >= 0.3 is 0 Å². The maximum Gasteiger partial charge on any atom is 0.246 e. The van der Waals surface area contributed by atoms with Crippen molar-refractivity contribution < 1.29 is 22.7 Å². The van der Waals surface area contributed by atoms with Gasteiger partial charge < -0.3 is 15.4 Å². The van der Waals surface area contributed by atoms with Crippen molar-refractivity contribution in [2.75, 3.05) is 27.7 Å². The molecular formula is C18H27N3O5S. The minimum atomic E-state index is -3.70. The molecule has 0 aliphatic rings. The fourth-order valence-corrected chi connectivity index (χ4v) is 3.18. The Labute approximate surface area is 160 Å². The van der Waals surface area contributed by atoms with Crippen LogP contribution in [0, 0.1) is 0 Å². The van der Waals surface area contributed by atoms with Crippen LogP contribution in [0.1, 0.15) is 25.8 Å². The minimum absolute atomic E-state index is 0.00451. The summed E-state index contributed by atoms with van der Waals surface area (Å²) in [5.74, 6) is -0.504. The molecule has 0 aliphatic heterocycles. The predicted molar refractivity (Wildman–Crippen MR) is 104 cm³/mol. The van der Waals surface area contributed by atoms with Crippen LogP contribution in [0.3, 0.4) is 0 Å². The second-order valence-electron chi connectivity index (χ2n) is 6.05. The normalized spacial score (nSPS) is 12.8. The number of carbonyl (C=O) groups is 2. The number of methoxy groups -OCH3 is 1. The van der Waals surface area contributed by atoms with Gasteiger partial charge in [0.1, 0.15) is 16.7 Å². The Morgan fingerprint density at radius 2 is 1.96 bits per heavy atom. The summed E-state index contributed by atoms with van der Waals surface area (Å²) < 4.78 is 31.0. The highest BCUT2D eigenvalue weighted by Crippen LogP contribution is 2.27. The second-order valence-corrected chi connectivity index (χ2v) is 8.17. The zero-order valence-corrected chi connectivity index (χ0v) is 17.1. The van der Waals surface area contributed by atoms with E-state index < -0.39 is 22.0 Å². The van der Waals surface area contributed by atoms with Crippen molar-refractivity contribution in [3.63, 3.8) is 0 Å². The number of rotatable bonds is 9. The lowest BCUT2D eigenvalue weighted by atomic mass is 10.2. The molecular weight excluding hydrogens is 370 g/mol. The Morgan fingerprint density at radius 3 is 2.52 bits per heavy atom. The Bertz CT molecular complexity index is 803. The van der Waals surface area contributed by atoms with E-state index in [1.54, 1.807) is 13.0 Å². The van der Waals surface area contributed by atoms with Crippen LogP contribution in [-0.2, 0) is 19.6 Å². The van der Waals surface area contributed by atoms with Crippen molar-refractivity contribution in [3.05, 3.63) is 29.8 Å². The zero-order chi connectivity index (χ0) is 20.6. The van der Waals surface area contributed by atoms with Gasteiger partial charge in [0.2, 0.25) is 21.8 Å². The number of nitrogens with zero attached hydrogens (tertiary/aromatic N) is 1. The van der Waals surface area contributed by atoms with Gasteiger partial charge in [-0.2, -0.15) is 0 Å². The van der Waals surface area contributed by atoms with Gasteiger partial charge in [-0.1, -0.05) is 13.0 Å². The monoisotopic (exact) mass is 397 g/mol. The van der Waals surface area contributed by atoms with E-state index in [2.05, 4.69) is 10.6 Å². The van der Waals surface area contributed by atoms with E-state index in [0.717, 1.165) is 10.7 Å². The molecule has 0 heterocycles. The van der Waals surface area contributed by atoms with Crippen molar-refractivity contribution in [1.82, 2.24) is 14.9 Å². The number of nitrogens with one attached hydrogen (secondary N) is 2. The molecule has 0 spiro atoms. The van der Waals surface area contributed by atoms with Gasteiger partial charge in [-0.15, -0.1) is 0 Å². The highest BCUT2D eigenvalue weighted by atomic mass is 32.2. The van der Waals surface area contributed by atoms with Crippen molar-refractivity contribution >= 4 is 27.9 Å². The molecule has 0 saturated heterocycles. The first-order valence-corrected chi connectivity index (χ1v) is 9.94. The highest BCUT2D eigenvalue weighted by molar-refractivity contribution is 7.89. The minimum Gasteiger partial charge on any atom is -0.495 e. The first kappa shape index (κ1) is 22.7. The third kappa shape index (κ3) is 6.37. The molecule has 8 nitrogen and oxygen atoms in total. The molecule has 0 radical (unpaired) electrons. The standard InChI is InChI=1S/C18H27N3O5S/c1-6-11-19-18(23)13(2)20-17(22)10-8-14-7-9-15(26-5)16(12-14)27(24,25)21(3)4/h7-10,12-13H,6,11H2,1-5H3,(H,19,23)(H,20,22)/b10-8+/t13-/m1/s1. The summed E-state index contributed by atoms with van der Waals surface area (Å²) in [4.78, 5) is 23.8. The quantitative estimate of drug-likeness (QED) is 0.605. The second kappa shape index (κ2) is 10.1. The molecule has 1 atom stereocenters. The Balaban J connectivity index is 2.93. The molecule has 0 saturated carbocycles. The summed E-state index contributed by atoms with van der Waals surface area (Å²) in [7, 11) is 0.541. The predicted octanol–water partition coefficient (Wildman–Crippen LogP) is 0.990. The van der Waals surface area contributed by atoms with Crippen LogP contribution in [0.25, 0.3) is 6.08 Å². The number of sulfonamides is 1. The van der Waals surface area contributed by atoms with Gasteiger partial charge in [-0.25, -0.2) is 12.7 Å². The van der Waals surface area contributed by atoms with E-state index in [0.29, 0.717) is 12.1 Å². The number of carbonyl (C=O) groups excluding carboxylic acids is 2. The third-order valence-electron chi connectivity index (χ3n) is 3.67. The van der Waals surface area contributed by atoms with Gasteiger partial charge in [-0.3, -0.25) is 9.59 Å². The SMILES string of the molecule is CCCNC(=O)[C@@H](C)NC(=O)/C=C/c1ccc(OC)c(S(=O)(=O)N(C)C)c1. The van der Waals surface area contributed by atoms with Crippen LogP contribution in [0.5, 0.6) is 5.75 Å². The Hall–Kier alpha value is -2.39. The molecule has 1 aromatic carbocycles. The van der Waals surface area contributed by atoms with E-state index in [4.69, 9.17) is 4.74 Å². The molecule has 9 heteroatoms. The van der Waals surface area contributed by atoms with E-state index in [9.17, 15) is 18.0 Å². The molecule has 0 fully saturated rings. The molecule has 2 amide bonds. The summed E-state index contributed by atoms with van der Waals surface area (Å²) in [5.41, 5.74) is 0.509. The summed E-state index contributed by atoms with van der Waals surface area (Å²) >= 11 is 0. The number of hydrogen-bond donors (Lipinski definition) is 2. The molecule has 1 aromatic rings. The number of benzene rings is 1. The van der Waals surface area contributed by atoms with E-state index in [1.807, 2.05) is 6.92 Å². The highest BCUT2D eigenvalue weighted by Gasteiger charge is 2.22. The maximum absolute atomic E-state index is 12.4. The lowest BCUT2D eigenvalue weighted by Crippen LogP contribution is -2.44. The first-order chi connectivity index (χ1) is 12.6. The molecule has 0 aromatic heterocycles. The van der Waals surface area contributed by atoms with Crippen molar-refractivity contribution in [2.24, 2.45) is 0 Å². The average Bonchev–Trinajstić information content (AvgIpc) is 2.63. The van der Waals surface area contributed by atoms with Crippen LogP contribution in [0.4, 0.5) is 0 Å². The number of hydrogen-bond acceptors (Lipinski definition) is 5. The van der Waals surface area contributed by atoms with Gasteiger partial charge in [0, 0.05) is 26.7 Å². The molecule has 0 unspecified atom stereocenters. The molecule has 0 aliphatic carbocycles. The smallest absolute Gasteiger partial charge is 0.246 e. The van der Waals surface area contributed by atoms with Crippen LogP contribution < -0.4 is 15.4 Å². The van der Waals surface area contributed by atoms with Crippen LogP contribution in [-0.4, -0.2) is 58.3 Å². The molecule has 27 heavy (non-hydrogen) atoms. The zero-order valence-electron chi connectivity index (χ0n) is 16.3. The number of amides is 2. The molecule has 0 bridgehead atoms. The third-order valence-corrected chi connectivity index (χ3v) is 5.51. The topological polar surface area (TPSA) is 105 Å². The fourth-order valence-electron chi connectivity index (χ4n) is 2.10. The van der Waals surface area contributed by atoms with Gasteiger partial charge in [0.25, 0.3) is 0 Å². The molecule has 2 N–H and O–H groups in total. The number of ether oxygens (including phenoxy) is 1. The van der Waals surface area contributed by atoms with E-state index in [-0.39, 0.29) is 16.6 Å². The van der Waals surface area contributed by atoms with Crippen LogP contribution >= 0.6 is 0 Å². The first-order valence-electron chi connectivity index (χ1n) is 8.50. The Kier molecular flexibility index (Phi) is 8.45. The summed E-state index contributed by atoms with van der Waals surface area (Å²) in [6, 6.07) is 3.91. The fraction of sp³-hybridized carbons (Fsp3) is 0.444. The summed E-state index contributed by atoms with van der Waals surface area (Å²) in [6.07, 6.45) is 3.53. The van der Waals surface area contributed by atoms with E-state index in [1.165, 1.54) is 45.5 Å². The van der Waals surface area contributed by atoms with Gasteiger partial charge in [-0.05, 0) is 37.1 Å². The van der Waals surface area contributed by atoms with Crippen LogP contribution in [0.2, 0.25) is 0 Å². The van der Waals surface area contributed by atoms with Gasteiger partial charge in [0.15, 0.2) is 0 Å². The van der Waals surface area contributed by atoms with Crippen molar-refractivity contribution in [2.45, 2.75) is 31.2 Å². The van der Waals surface area contributed by atoms with Crippen molar-refractivity contribution in [3.8, 4) is 5.75 Å². The maximum atomic E-state index is 12.4.